The molecule has 0 bridgehead atoms. The van der Waals surface area contributed by atoms with Crippen LogP contribution in [-0.2, 0) is 4.79 Å². The monoisotopic (exact) mass is 451 g/mol. The Morgan fingerprint density at radius 1 is 1.15 bits per heavy atom. The van der Waals surface area contributed by atoms with Gasteiger partial charge in [0.1, 0.15) is 5.75 Å². The number of nitrogens with zero attached hydrogens (tertiary/aromatic N) is 2. The molecule has 1 heterocycles. The Morgan fingerprint density at radius 2 is 1.91 bits per heavy atom. The highest BCUT2D eigenvalue weighted by Crippen LogP contribution is 2.30. The Balaban J connectivity index is 1.52. The number of hydrogen-bond donors (Lipinski definition) is 1. The van der Waals surface area contributed by atoms with Gasteiger partial charge in [0.15, 0.2) is 0 Å². The number of anilines is 1. The summed E-state index contributed by atoms with van der Waals surface area (Å²) in [6, 6.07) is 14.2. The number of fused-ring (bicyclic) bond motifs is 1. The topological polar surface area (TPSA) is 102 Å². The summed E-state index contributed by atoms with van der Waals surface area (Å²) < 4.78 is 19.0. The first-order valence-electron chi connectivity index (χ1n) is 10.5. The van der Waals surface area contributed by atoms with Crippen LogP contribution in [0.3, 0.4) is 0 Å². The van der Waals surface area contributed by atoms with Gasteiger partial charge in [-0.15, -0.1) is 0 Å². The van der Waals surface area contributed by atoms with Crippen molar-refractivity contribution in [2.24, 2.45) is 5.92 Å². The second-order valence-corrected chi connectivity index (χ2v) is 7.86. The second-order valence-electron chi connectivity index (χ2n) is 7.86. The molecule has 33 heavy (non-hydrogen) atoms. The summed E-state index contributed by atoms with van der Waals surface area (Å²) in [6.07, 6.45) is 1.21. The fourth-order valence-corrected chi connectivity index (χ4v) is 4.16. The quantitative estimate of drug-likeness (QED) is 0.458. The van der Waals surface area contributed by atoms with Crippen molar-refractivity contribution in [1.82, 2.24) is 4.90 Å². The summed E-state index contributed by atoms with van der Waals surface area (Å²) in [6.45, 7) is 0.735. The van der Waals surface area contributed by atoms with Crippen LogP contribution in [0.25, 0.3) is 10.8 Å². The third kappa shape index (κ3) is 4.48. The summed E-state index contributed by atoms with van der Waals surface area (Å²) >= 11 is 0. The van der Waals surface area contributed by atoms with E-state index in [2.05, 4.69) is 5.32 Å². The van der Waals surface area contributed by atoms with E-state index in [-0.39, 0.29) is 24.0 Å². The maximum Gasteiger partial charge on any atom is 0.306 e. The van der Waals surface area contributed by atoms with Crippen molar-refractivity contribution in [2.75, 3.05) is 25.5 Å². The third-order valence-electron chi connectivity index (χ3n) is 5.82. The maximum atomic E-state index is 13.6. The molecular weight excluding hydrogens is 429 g/mol. The molecule has 0 radical (unpaired) electrons. The van der Waals surface area contributed by atoms with Crippen LogP contribution in [0.2, 0.25) is 0 Å². The molecule has 1 fully saturated rings. The Morgan fingerprint density at radius 3 is 2.64 bits per heavy atom. The molecule has 1 aliphatic rings. The molecule has 2 amide bonds. The molecule has 0 saturated carbocycles. The number of benzene rings is 3. The predicted molar refractivity (Wildman–Crippen MR) is 121 cm³/mol. The van der Waals surface area contributed by atoms with Gasteiger partial charge < -0.3 is 15.0 Å². The number of carbonyl (C=O) groups excluding carboxylic acids is 2. The highest BCUT2D eigenvalue weighted by Gasteiger charge is 2.30. The van der Waals surface area contributed by atoms with E-state index in [4.69, 9.17) is 4.74 Å². The smallest absolute Gasteiger partial charge is 0.306 e. The molecule has 1 N–H and O–H groups in total. The normalized spacial score (nSPS) is 15.8. The molecule has 0 spiro atoms. The van der Waals surface area contributed by atoms with E-state index in [1.165, 1.54) is 6.07 Å². The van der Waals surface area contributed by atoms with Crippen LogP contribution in [0.15, 0.2) is 54.6 Å². The first-order chi connectivity index (χ1) is 15.9. The lowest BCUT2D eigenvalue weighted by Gasteiger charge is -2.32. The number of amides is 2. The fourth-order valence-electron chi connectivity index (χ4n) is 4.16. The van der Waals surface area contributed by atoms with Gasteiger partial charge in [0.25, 0.3) is 5.91 Å². The van der Waals surface area contributed by atoms with Crippen molar-refractivity contribution >= 4 is 34.0 Å². The zero-order chi connectivity index (χ0) is 23.5. The van der Waals surface area contributed by atoms with Crippen LogP contribution >= 0.6 is 0 Å². The van der Waals surface area contributed by atoms with Gasteiger partial charge in [0, 0.05) is 35.8 Å². The van der Waals surface area contributed by atoms with Gasteiger partial charge in [0.05, 0.1) is 18.0 Å². The molecule has 1 aliphatic heterocycles. The number of nitro benzene ring substituents is 1. The van der Waals surface area contributed by atoms with E-state index >= 15 is 0 Å². The summed E-state index contributed by atoms with van der Waals surface area (Å²) in [7, 11) is 1.58. The Hall–Kier alpha value is -4.01. The number of methoxy groups -OCH3 is 1. The fraction of sp³-hybridized carbons (Fsp3) is 0.250. The molecule has 0 aromatic heterocycles. The van der Waals surface area contributed by atoms with Gasteiger partial charge in [-0.1, -0.05) is 24.3 Å². The van der Waals surface area contributed by atoms with Crippen molar-refractivity contribution in [1.29, 1.82) is 0 Å². The van der Waals surface area contributed by atoms with E-state index in [1.807, 2.05) is 24.3 Å². The first kappa shape index (κ1) is 22.2. The van der Waals surface area contributed by atoms with Crippen LogP contribution in [0.5, 0.6) is 5.75 Å². The van der Waals surface area contributed by atoms with Crippen LogP contribution < -0.4 is 10.1 Å². The summed E-state index contributed by atoms with van der Waals surface area (Å²) in [4.78, 5) is 37.9. The highest BCUT2D eigenvalue weighted by atomic mass is 19.1. The minimum absolute atomic E-state index is 0.137. The number of likely N-dealkylation sites (tertiary alicyclic amines) is 1. The average Bonchev–Trinajstić information content (AvgIpc) is 2.84. The molecule has 1 atom stereocenters. The molecule has 170 valence electrons. The van der Waals surface area contributed by atoms with Crippen molar-refractivity contribution in [2.45, 2.75) is 12.8 Å². The lowest BCUT2D eigenvalue weighted by molar-refractivity contribution is -0.387. The predicted octanol–water partition coefficient (Wildman–Crippen LogP) is 4.39. The molecule has 4 rings (SSSR count). The largest absolute Gasteiger partial charge is 0.496 e. The lowest BCUT2D eigenvalue weighted by atomic mass is 9.95. The number of hydrogen-bond acceptors (Lipinski definition) is 5. The Labute approximate surface area is 189 Å². The van der Waals surface area contributed by atoms with Crippen molar-refractivity contribution in [3.05, 3.63) is 76.1 Å². The van der Waals surface area contributed by atoms with E-state index < -0.39 is 22.3 Å². The molecular formula is C24H22FN3O5. The summed E-state index contributed by atoms with van der Waals surface area (Å²) in [5.74, 6) is -1.33. The molecule has 9 heteroatoms. The lowest BCUT2D eigenvalue weighted by Crippen LogP contribution is -2.43. The first-order valence-corrected chi connectivity index (χ1v) is 10.5. The second kappa shape index (κ2) is 9.23. The SMILES string of the molecule is COc1ccc(C(=O)N2CCCC(C(=O)Nc3ccc(F)c([N+](=O)[O-])c3)C2)c2ccccc12. The highest BCUT2D eigenvalue weighted by molar-refractivity contribution is 6.08. The maximum absolute atomic E-state index is 13.6. The van der Waals surface area contributed by atoms with E-state index in [9.17, 15) is 24.1 Å². The molecule has 8 nitrogen and oxygen atoms in total. The van der Waals surface area contributed by atoms with Crippen LogP contribution in [-0.4, -0.2) is 41.8 Å². The molecule has 1 unspecified atom stereocenters. The number of carbonyl (C=O) groups is 2. The van der Waals surface area contributed by atoms with Gasteiger partial charge in [-0.25, -0.2) is 0 Å². The molecule has 1 saturated heterocycles. The number of nitrogens with one attached hydrogen (secondary N) is 1. The van der Waals surface area contributed by atoms with Gasteiger partial charge >= 0.3 is 5.69 Å². The summed E-state index contributed by atoms with van der Waals surface area (Å²) in [5.41, 5.74) is -0.0426. The standard InChI is InChI=1S/C24H22FN3O5/c1-33-22-11-9-19(17-6-2-3-7-18(17)22)24(30)27-12-4-5-15(14-27)23(29)26-16-8-10-20(25)21(13-16)28(31)32/h2-3,6-11,13,15H,4-5,12,14H2,1H3,(H,26,29). The van der Waals surface area contributed by atoms with Crippen molar-refractivity contribution in [3.8, 4) is 5.75 Å². The van der Waals surface area contributed by atoms with Crippen LogP contribution in [0.1, 0.15) is 23.2 Å². The molecule has 3 aromatic rings. The molecule has 0 aliphatic carbocycles. The number of rotatable bonds is 5. The average molecular weight is 451 g/mol. The van der Waals surface area contributed by atoms with Gasteiger partial charge in [0.2, 0.25) is 11.7 Å². The summed E-state index contributed by atoms with van der Waals surface area (Å²) in [5, 5.41) is 15.2. The van der Waals surface area contributed by atoms with E-state index in [1.54, 1.807) is 24.1 Å². The zero-order valence-electron chi connectivity index (χ0n) is 17.9. The van der Waals surface area contributed by atoms with Crippen LogP contribution in [0, 0.1) is 21.8 Å². The van der Waals surface area contributed by atoms with Crippen LogP contribution in [0.4, 0.5) is 15.8 Å². The van der Waals surface area contributed by atoms with Gasteiger partial charge in [-0.3, -0.25) is 19.7 Å². The minimum Gasteiger partial charge on any atom is -0.496 e. The van der Waals surface area contributed by atoms with Gasteiger partial charge in [-0.2, -0.15) is 4.39 Å². The third-order valence-corrected chi connectivity index (χ3v) is 5.82. The number of ether oxygens (including phenoxy) is 1. The Bertz CT molecular complexity index is 1250. The number of nitro groups is 1. The van der Waals surface area contributed by atoms with E-state index in [0.29, 0.717) is 30.7 Å². The Kier molecular flexibility index (Phi) is 6.21. The number of halogens is 1. The zero-order valence-corrected chi connectivity index (χ0v) is 17.9. The van der Waals surface area contributed by atoms with Gasteiger partial charge in [-0.05, 0) is 42.5 Å². The van der Waals surface area contributed by atoms with E-state index in [0.717, 1.165) is 22.9 Å². The van der Waals surface area contributed by atoms with Crippen molar-refractivity contribution < 1.29 is 23.6 Å². The molecule has 3 aromatic carbocycles. The van der Waals surface area contributed by atoms with Crippen molar-refractivity contribution in [3.63, 3.8) is 0 Å². The number of piperidine rings is 1. The minimum atomic E-state index is -0.973.